The summed E-state index contributed by atoms with van der Waals surface area (Å²) in [6.45, 7) is 1.07. The van der Waals surface area contributed by atoms with Gasteiger partial charge in [-0.3, -0.25) is 0 Å². The normalized spacial score (nSPS) is 19.5. The molecule has 1 aromatic carbocycles. The van der Waals surface area contributed by atoms with Crippen LogP contribution >= 0.6 is 28.3 Å². The summed E-state index contributed by atoms with van der Waals surface area (Å²) in [7, 11) is -1.94. The van der Waals surface area contributed by atoms with E-state index in [2.05, 4.69) is 15.9 Å². The molecule has 1 aromatic rings. The zero-order valence-corrected chi connectivity index (χ0v) is 15.7. The van der Waals surface area contributed by atoms with E-state index in [1.807, 2.05) is 0 Å². The number of piperidine rings is 1. The van der Waals surface area contributed by atoms with E-state index in [-0.39, 0.29) is 18.4 Å². The number of methoxy groups -OCH3 is 1. The van der Waals surface area contributed by atoms with Gasteiger partial charge in [0, 0.05) is 12.6 Å². The summed E-state index contributed by atoms with van der Waals surface area (Å²) in [5.41, 5.74) is 5.62. The van der Waals surface area contributed by atoms with Crippen molar-refractivity contribution in [3.8, 4) is 5.75 Å². The minimum Gasteiger partial charge on any atom is -0.496 e. The first kappa shape index (κ1) is 19.7. The highest BCUT2D eigenvalue weighted by Gasteiger charge is 2.33. The molecular formula is C14H22BrClN2O3S. The lowest BCUT2D eigenvalue weighted by atomic mass is 10.0. The predicted octanol–water partition coefficient (Wildman–Crippen LogP) is 2.77. The van der Waals surface area contributed by atoms with E-state index in [1.54, 1.807) is 29.6 Å². The topological polar surface area (TPSA) is 72.6 Å². The number of hydrogen-bond donors (Lipinski definition) is 1. The third-order valence-electron chi connectivity index (χ3n) is 3.80. The number of rotatable bonds is 5. The van der Waals surface area contributed by atoms with Gasteiger partial charge < -0.3 is 10.5 Å². The number of nitrogens with two attached hydrogens (primary N) is 1. The molecule has 0 aliphatic carbocycles. The van der Waals surface area contributed by atoms with Crippen molar-refractivity contribution in [2.75, 3.05) is 20.2 Å². The van der Waals surface area contributed by atoms with Crippen molar-refractivity contribution in [2.24, 2.45) is 5.73 Å². The third-order valence-corrected chi connectivity index (χ3v) is 6.37. The van der Waals surface area contributed by atoms with Gasteiger partial charge in [0.25, 0.3) is 0 Å². The van der Waals surface area contributed by atoms with Crippen LogP contribution in [0.4, 0.5) is 0 Å². The summed E-state index contributed by atoms with van der Waals surface area (Å²) in [6, 6.07) is 4.86. The van der Waals surface area contributed by atoms with Gasteiger partial charge in [0.1, 0.15) is 5.75 Å². The average molecular weight is 414 g/mol. The molecule has 2 rings (SSSR count). The third kappa shape index (κ3) is 4.14. The SMILES string of the molecule is COc1ccc(S(=O)(=O)N2CCCCC2CCN)cc1Br.Cl. The summed E-state index contributed by atoms with van der Waals surface area (Å²) in [6.07, 6.45) is 3.55. The van der Waals surface area contributed by atoms with Crippen molar-refractivity contribution < 1.29 is 13.2 Å². The second kappa shape index (κ2) is 8.49. The highest BCUT2D eigenvalue weighted by atomic mass is 79.9. The number of halogens is 2. The summed E-state index contributed by atoms with van der Waals surface area (Å²) in [5, 5.41) is 0. The molecule has 22 heavy (non-hydrogen) atoms. The maximum atomic E-state index is 12.8. The van der Waals surface area contributed by atoms with E-state index in [0.717, 1.165) is 19.3 Å². The smallest absolute Gasteiger partial charge is 0.243 e. The van der Waals surface area contributed by atoms with Gasteiger partial charge in [-0.05, 0) is 59.9 Å². The monoisotopic (exact) mass is 412 g/mol. The molecule has 1 aliphatic rings. The predicted molar refractivity (Wildman–Crippen MR) is 93.1 cm³/mol. The minimum atomic E-state index is -3.49. The molecule has 1 atom stereocenters. The van der Waals surface area contributed by atoms with Crippen LogP contribution in [0.5, 0.6) is 5.75 Å². The van der Waals surface area contributed by atoms with Gasteiger partial charge in [-0.2, -0.15) is 4.31 Å². The van der Waals surface area contributed by atoms with Gasteiger partial charge in [0.2, 0.25) is 10.0 Å². The van der Waals surface area contributed by atoms with Crippen LogP contribution in [-0.2, 0) is 10.0 Å². The molecule has 1 aliphatic heterocycles. The molecule has 0 saturated carbocycles. The first-order chi connectivity index (χ1) is 10.0. The van der Waals surface area contributed by atoms with Crippen LogP contribution in [0.3, 0.4) is 0 Å². The molecule has 126 valence electrons. The van der Waals surface area contributed by atoms with Crippen LogP contribution in [0, 0.1) is 0 Å². The van der Waals surface area contributed by atoms with Crippen molar-refractivity contribution in [3.63, 3.8) is 0 Å². The molecule has 1 heterocycles. The van der Waals surface area contributed by atoms with Crippen LogP contribution < -0.4 is 10.5 Å². The van der Waals surface area contributed by atoms with Crippen LogP contribution in [0.15, 0.2) is 27.6 Å². The Hall–Kier alpha value is -0.340. The Balaban J connectivity index is 0.00000242. The second-order valence-electron chi connectivity index (χ2n) is 5.14. The van der Waals surface area contributed by atoms with E-state index >= 15 is 0 Å². The summed E-state index contributed by atoms with van der Waals surface area (Å²) in [4.78, 5) is 0.291. The summed E-state index contributed by atoms with van der Waals surface area (Å²) in [5.74, 6) is 0.617. The molecule has 1 saturated heterocycles. The average Bonchev–Trinajstić information content (AvgIpc) is 2.48. The Morgan fingerprint density at radius 2 is 2.14 bits per heavy atom. The molecule has 0 amide bonds. The first-order valence-electron chi connectivity index (χ1n) is 7.06. The molecule has 1 unspecified atom stereocenters. The Morgan fingerprint density at radius 3 is 2.73 bits per heavy atom. The highest BCUT2D eigenvalue weighted by Crippen LogP contribution is 2.31. The number of sulfonamides is 1. The Kier molecular flexibility index (Phi) is 7.61. The lowest BCUT2D eigenvalue weighted by molar-refractivity contribution is 0.243. The molecule has 0 spiro atoms. The van der Waals surface area contributed by atoms with Gasteiger partial charge >= 0.3 is 0 Å². The molecule has 0 aromatic heterocycles. The maximum Gasteiger partial charge on any atom is 0.243 e. The zero-order valence-electron chi connectivity index (χ0n) is 12.5. The van der Waals surface area contributed by atoms with E-state index in [4.69, 9.17) is 10.5 Å². The van der Waals surface area contributed by atoms with Crippen molar-refractivity contribution in [2.45, 2.75) is 36.6 Å². The van der Waals surface area contributed by atoms with Crippen LogP contribution in [-0.4, -0.2) is 39.0 Å². The van der Waals surface area contributed by atoms with Crippen LogP contribution in [0.1, 0.15) is 25.7 Å². The Morgan fingerprint density at radius 1 is 1.41 bits per heavy atom. The molecule has 0 bridgehead atoms. The van der Waals surface area contributed by atoms with Gasteiger partial charge in [-0.25, -0.2) is 8.42 Å². The van der Waals surface area contributed by atoms with Crippen LogP contribution in [0.25, 0.3) is 0 Å². The molecular weight excluding hydrogens is 392 g/mol. The summed E-state index contributed by atoms with van der Waals surface area (Å²) >= 11 is 3.34. The van der Waals surface area contributed by atoms with Crippen molar-refractivity contribution in [3.05, 3.63) is 22.7 Å². The lowest BCUT2D eigenvalue weighted by Gasteiger charge is -2.34. The molecule has 0 radical (unpaired) electrons. The lowest BCUT2D eigenvalue weighted by Crippen LogP contribution is -2.44. The first-order valence-corrected chi connectivity index (χ1v) is 9.29. The fraction of sp³-hybridized carbons (Fsp3) is 0.571. The van der Waals surface area contributed by atoms with Gasteiger partial charge in [-0.1, -0.05) is 6.42 Å². The van der Waals surface area contributed by atoms with Crippen molar-refractivity contribution in [1.29, 1.82) is 0 Å². The van der Waals surface area contributed by atoms with Crippen molar-refractivity contribution >= 4 is 38.4 Å². The molecule has 8 heteroatoms. The number of nitrogens with zero attached hydrogens (tertiary/aromatic N) is 1. The number of ether oxygens (including phenoxy) is 1. The van der Waals surface area contributed by atoms with E-state index in [9.17, 15) is 8.42 Å². The number of benzene rings is 1. The fourth-order valence-corrected chi connectivity index (χ4v) is 5.16. The highest BCUT2D eigenvalue weighted by molar-refractivity contribution is 9.10. The van der Waals surface area contributed by atoms with Crippen LogP contribution in [0.2, 0.25) is 0 Å². The Bertz CT molecular complexity index is 596. The largest absolute Gasteiger partial charge is 0.496 e. The van der Waals surface area contributed by atoms with E-state index in [1.165, 1.54) is 0 Å². The minimum absolute atomic E-state index is 0. The van der Waals surface area contributed by atoms with Crippen molar-refractivity contribution in [1.82, 2.24) is 4.31 Å². The second-order valence-corrected chi connectivity index (χ2v) is 7.88. The number of hydrogen-bond acceptors (Lipinski definition) is 4. The molecule has 2 N–H and O–H groups in total. The standard InChI is InChI=1S/C14H21BrN2O3S.ClH/c1-20-14-6-5-12(10-13(14)15)21(18,19)17-9-3-2-4-11(17)7-8-16;/h5-6,10-11H,2-4,7-9,16H2,1H3;1H. The summed E-state index contributed by atoms with van der Waals surface area (Å²) < 4.78 is 33.1. The fourth-order valence-electron chi connectivity index (χ4n) is 2.71. The quantitative estimate of drug-likeness (QED) is 0.805. The molecule has 5 nitrogen and oxygen atoms in total. The van der Waals surface area contributed by atoms with E-state index < -0.39 is 10.0 Å². The van der Waals surface area contributed by atoms with Gasteiger partial charge in [0.05, 0.1) is 16.5 Å². The van der Waals surface area contributed by atoms with E-state index in [0.29, 0.717) is 34.6 Å². The Labute approximate surface area is 146 Å². The van der Waals surface area contributed by atoms with Gasteiger partial charge in [0.15, 0.2) is 0 Å². The zero-order chi connectivity index (χ0) is 15.5. The maximum absolute atomic E-state index is 12.8. The molecule has 1 fully saturated rings. The van der Waals surface area contributed by atoms with Gasteiger partial charge in [-0.15, -0.1) is 12.4 Å².